The first-order chi connectivity index (χ1) is 10.1. The van der Waals surface area contributed by atoms with Crippen LogP contribution in [-0.4, -0.2) is 36.3 Å². The van der Waals surface area contributed by atoms with Gasteiger partial charge in [0.2, 0.25) is 11.8 Å². The van der Waals surface area contributed by atoms with Crippen molar-refractivity contribution in [2.75, 3.05) is 19.6 Å². The van der Waals surface area contributed by atoms with Crippen molar-refractivity contribution in [2.24, 2.45) is 5.92 Å². The molecule has 1 saturated heterocycles. The summed E-state index contributed by atoms with van der Waals surface area (Å²) >= 11 is 0. The number of carbonyl (C=O) groups excluding carboxylic acids is 2. The lowest BCUT2D eigenvalue weighted by Gasteiger charge is -2.19. The summed E-state index contributed by atoms with van der Waals surface area (Å²) in [5, 5.41) is 2.78. The maximum absolute atomic E-state index is 12.2. The third-order valence-corrected chi connectivity index (χ3v) is 4.41. The van der Waals surface area contributed by atoms with Gasteiger partial charge in [0.1, 0.15) is 11.5 Å². The number of hydrogen-bond donors (Lipinski definition) is 1. The zero-order valence-corrected chi connectivity index (χ0v) is 12.4. The molecule has 1 saturated carbocycles. The highest BCUT2D eigenvalue weighted by atomic mass is 16.3. The molecule has 3 rings (SSSR count). The molecule has 1 aliphatic heterocycles. The number of furan rings is 1. The molecule has 5 nitrogen and oxygen atoms in total. The molecular weight excluding hydrogens is 268 g/mol. The van der Waals surface area contributed by atoms with Gasteiger partial charge in [-0.15, -0.1) is 0 Å². The number of aryl methyl sites for hydroxylation is 1. The molecule has 2 amide bonds. The van der Waals surface area contributed by atoms with Crippen LogP contribution in [-0.2, 0) is 16.0 Å². The third kappa shape index (κ3) is 3.46. The highest BCUT2D eigenvalue weighted by Gasteiger charge is 2.36. The summed E-state index contributed by atoms with van der Waals surface area (Å²) in [7, 11) is 0. The average molecular weight is 290 g/mol. The number of hydrogen-bond acceptors (Lipinski definition) is 3. The van der Waals surface area contributed by atoms with Crippen LogP contribution in [0.1, 0.15) is 43.6 Å². The van der Waals surface area contributed by atoms with E-state index < -0.39 is 0 Å². The molecule has 0 bridgehead atoms. The molecule has 0 radical (unpaired) electrons. The van der Waals surface area contributed by atoms with Crippen molar-refractivity contribution in [2.45, 2.75) is 38.5 Å². The number of amides is 2. The second-order valence-corrected chi connectivity index (χ2v) is 6.10. The third-order valence-electron chi connectivity index (χ3n) is 4.41. The van der Waals surface area contributed by atoms with Crippen molar-refractivity contribution in [1.29, 1.82) is 0 Å². The van der Waals surface area contributed by atoms with Crippen molar-refractivity contribution in [1.82, 2.24) is 10.2 Å². The van der Waals surface area contributed by atoms with E-state index in [4.69, 9.17) is 4.42 Å². The molecule has 1 aliphatic carbocycles. The van der Waals surface area contributed by atoms with E-state index in [2.05, 4.69) is 12.2 Å². The molecule has 2 heterocycles. The second kappa shape index (κ2) is 5.92. The van der Waals surface area contributed by atoms with Gasteiger partial charge in [-0.05, 0) is 24.5 Å². The minimum Gasteiger partial charge on any atom is -0.466 e. The molecule has 2 unspecified atom stereocenters. The van der Waals surface area contributed by atoms with Gasteiger partial charge in [-0.25, -0.2) is 0 Å². The molecule has 1 aromatic rings. The first-order valence-electron chi connectivity index (χ1n) is 7.76. The molecule has 1 N–H and O–H groups in total. The van der Waals surface area contributed by atoms with Crippen LogP contribution in [0.25, 0.3) is 0 Å². The average Bonchev–Trinajstić information content (AvgIpc) is 3.08. The lowest BCUT2D eigenvalue weighted by atomic mass is 10.2. The zero-order chi connectivity index (χ0) is 14.8. The maximum Gasteiger partial charge on any atom is 0.223 e. The summed E-state index contributed by atoms with van der Waals surface area (Å²) < 4.78 is 5.82. The van der Waals surface area contributed by atoms with E-state index in [0.29, 0.717) is 44.8 Å². The summed E-state index contributed by atoms with van der Waals surface area (Å²) in [5.41, 5.74) is 0. The molecule has 1 aromatic heterocycles. The monoisotopic (exact) mass is 290 g/mol. The van der Waals surface area contributed by atoms with Gasteiger partial charge < -0.3 is 14.6 Å². The van der Waals surface area contributed by atoms with E-state index in [1.165, 1.54) is 6.42 Å². The molecular formula is C16H22N2O3. The largest absolute Gasteiger partial charge is 0.466 e. The van der Waals surface area contributed by atoms with Gasteiger partial charge in [0.25, 0.3) is 0 Å². The normalized spacial score (nSPS) is 25.4. The van der Waals surface area contributed by atoms with Crippen molar-refractivity contribution in [3.8, 4) is 0 Å². The van der Waals surface area contributed by atoms with Crippen LogP contribution in [0.15, 0.2) is 16.5 Å². The fraction of sp³-hybridized carbons (Fsp3) is 0.625. The predicted molar refractivity (Wildman–Crippen MR) is 77.8 cm³/mol. The molecule has 114 valence electrons. The van der Waals surface area contributed by atoms with Crippen LogP contribution < -0.4 is 5.32 Å². The Balaban J connectivity index is 1.48. The highest BCUT2D eigenvalue weighted by Crippen LogP contribution is 2.47. The summed E-state index contributed by atoms with van der Waals surface area (Å²) in [5.74, 6) is 3.39. The fourth-order valence-corrected chi connectivity index (χ4v) is 2.85. The standard InChI is InChI=1S/C16H22N2O3/c1-11-10-13(11)14-4-2-12(21-14)3-5-16(20)18-8-6-15(19)17-7-9-18/h2,4,11,13H,3,5-10H2,1H3,(H,17,19). The van der Waals surface area contributed by atoms with Gasteiger partial charge in [0, 0.05) is 44.8 Å². The van der Waals surface area contributed by atoms with Gasteiger partial charge in [-0.2, -0.15) is 0 Å². The molecule has 2 fully saturated rings. The number of rotatable bonds is 4. The SMILES string of the molecule is CC1CC1c1ccc(CCC(=O)N2CCNC(=O)CC2)o1. The first-order valence-corrected chi connectivity index (χ1v) is 7.76. The maximum atomic E-state index is 12.2. The van der Waals surface area contributed by atoms with E-state index in [1.807, 2.05) is 12.1 Å². The Bertz CT molecular complexity index is 537. The topological polar surface area (TPSA) is 62.6 Å². The number of nitrogens with zero attached hydrogens (tertiary/aromatic N) is 1. The summed E-state index contributed by atoms with van der Waals surface area (Å²) in [4.78, 5) is 25.2. The van der Waals surface area contributed by atoms with Crippen LogP contribution >= 0.6 is 0 Å². The Hall–Kier alpha value is -1.78. The lowest BCUT2D eigenvalue weighted by molar-refractivity contribution is -0.131. The van der Waals surface area contributed by atoms with Gasteiger partial charge in [-0.1, -0.05) is 6.92 Å². The lowest BCUT2D eigenvalue weighted by Crippen LogP contribution is -2.34. The van der Waals surface area contributed by atoms with Crippen molar-refractivity contribution in [3.05, 3.63) is 23.7 Å². The number of carbonyl (C=O) groups is 2. The Labute approximate surface area is 124 Å². The van der Waals surface area contributed by atoms with E-state index in [9.17, 15) is 9.59 Å². The van der Waals surface area contributed by atoms with Crippen molar-refractivity contribution < 1.29 is 14.0 Å². The van der Waals surface area contributed by atoms with Gasteiger partial charge in [-0.3, -0.25) is 9.59 Å². The number of nitrogens with one attached hydrogen (secondary N) is 1. The Morgan fingerprint density at radius 1 is 1.43 bits per heavy atom. The summed E-state index contributed by atoms with van der Waals surface area (Å²) in [6.07, 6.45) is 2.69. The van der Waals surface area contributed by atoms with Crippen molar-refractivity contribution >= 4 is 11.8 Å². The minimum atomic E-state index is 0.0273. The minimum absolute atomic E-state index is 0.0273. The van der Waals surface area contributed by atoms with Crippen LogP contribution in [0.4, 0.5) is 0 Å². The smallest absolute Gasteiger partial charge is 0.223 e. The highest BCUT2D eigenvalue weighted by molar-refractivity contribution is 5.80. The summed E-state index contributed by atoms with van der Waals surface area (Å²) in [6.45, 7) is 3.90. The van der Waals surface area contributed by atoms with Crippen LogP contribution in [0.3, 0.4) is 0 Å². The quantitative estimate of drug-likeness (QED) is 0.917. The van der Waals surface area contributed by atoms with E-state index >= 15 is 0 Å². The Morgan fingerprint density at radius 2 is 2.24 bits per heavy atom. The van der Waals surface area contributed by atoms with Crippen LogP contribution in [0.2, 0.25) is 0 Å². The van der Waals surface area contributed by atoms with E-state index in [1.54, 1.807) is 4.90 Å². The molecule has 2 aliphatic rings. The van der Waals surface area contributed by atoms with Crippen LogP contribution in [0.5, 0.6) is 0 Å². The zero-order valence-electron chi connectivity index (χ0n) is 12.4. The summed E-state index contributed by atoms with van der Waals surface area (Å²) in [6, 6.07) is 4.03. The van der Waals surface area contributed by atoms with Crippen LogP contribution in [0, 0.1) is 5.92 Å². The van der Waals surface area contributed by atoms with E-state index in [-0.39, 0.29) is 11.8 Å². The molecule has 2 atom stereocenters. The Morgan fingerprint density at radius 3 is 3.00 bits per heavy atom. The van der Waals surface area contributed by atoms with Gasteiger partial charge in [0.05, 0.1) is 0 Å². The predicted octanol–water partition coefficient (Wildman–Crippen LogP) is 1.68. The molecule has 21 heavy (non-hydrogen) atoms. The second-order valence-electron chi connectivity index (χ2n) is 6.10. The molecule has 0 spiro atoms. The van der Waals surface area contributed by atoms with Crippen molar-refractivity contribution in [3.63, 3.8) is 0 Å². The molecule has 0 aromatic carbocycles. The first kappa shape index (κ1) is 14.2. The van der Waals surface area contributed by atoms with Gasteiger partial charge >= 0.3 is 0 Å². The molecule has 5 heteroatoms. The Kier molecular flexibility index (Phi) is 3.99. The van der Waals surface area contributed by atoms with E-state index in [0.717, 1.165) is 17.4 Å². The van der Waals surface area contributed by atoms with Gasteiger partial charge in [0.15, 0.2) is 0 Å². The fourth-order valence-electron chi connectivity index (χ4n) is 2.85.